The minimum absolute atomic E-state index is 0.186. The van der Waals surface area contributed by atoms with Gasteiger partial charge in [-0.05, 0) is 30.5 Å². The van der Waals surface area contributed by atoms with Gasteiger partial charge in [0.15, 0.2) is 0 Å². The zero-order chi connectivity index (χ0) is 17.1. The van der Waals surface area contributed by atoms with Gasteiger partial charge in [-0.25, -0.2) is 4.39 Å². The van der Waals surface area contributed by atoms with Crippen LogP contribution in [-0.4, -0.2) is 47.9 Å². The number of carbonyl (C=O) groups is 2. The molecule has 3 unspecified atom stereocenters. The lowest BCUT2D eigenvalue weighted by molar-refractivity contribution is -0.137. The summed E-state index contributed by atoms with van der Waals surface area (Å²) >= 11 is 0. The standard InChI is InChI=1S/C18H21FN4O2/c19-15-5-13(22-7-11-4-12(8-22)20-11)3-10-6-23(9-14(10)15)16-1-2-17(24)21-18(16)25/h3,5,11-12,16,20H,1-2,4,6-9H2,(H,21,24,25). The van der Waals surface area contributed by atoms with E-state index in [1.165, 1.54) is 6.42 Å². The molecule has 0 spiro atoms. The van der Waals surface area contributed by atoms with Crippen LogP contribution in [0.3, 0.4) is 0 Å². The number of halogens is 1. The number of nitrogens with one attached hydrogen (secondary N) is 2. The number of hydrogen-bond donors (Lipinski definition) is 2. The number of piperidine rings is 2. The Morgan fingerprint density at radius 1 is 1.12 bits per heavy atom. The highest BCUT2D eigenvalue weighted by Crippen LogP contribution is 2.34. The van der Waals surface area contributed by atoms with E-state index < -0.39 is 0 Å². The summed E-state index contributed by atoms with van der Waals surface area (Å²) in [7, 11) is 0. The molecule has 0 aromatic heterocycles. The Morgan fingerprint density at radius 2 is 1.88 bits per heavy atom. The number of imide groups is 1. The highest BCUT2D eigenvalue weighted by molar-refractivity contribution is 6.00. The SMILES string of the molecule is O=C1CCC(N2Cc3cc(N4CC5CC(C4)N5)cc(F)c3C2)C(=O)N1. The zero-order valence-corrected chi connectivity index (χ0v) is 13.9. The normalized spacial score (nSPS) is 31.6. The first kappa shape index (κ1) is 15.3. The summed E-state index contributed by atoms with van der Waals surface area (Å²) in [4.78, 5) is 27.7. The molecule has 4 fully saturated rings. The fraction of sp³-hybridized carbons (Fsp3) is 0.556. The number of rotatable bonds is 2. The van der Waals surface area contributed by atoms with Crippen molar-refractivity contribution in [1.29, 1.82) is 0 Å². The van der Waals surface area contributed by atoms with Gasteiger partial charge in [-0.15, -0.1) is 0 Å². The summed E-state index contributed by atoms with van der Waals surface area (Å²) in [6.07, 6.45) is 2.07. The molecule has 1 aromatic rings. The van der Waals surface area contributed by atoms with Crippen molar-refractivity contribution in [1.82, 2.24) is 15.5 Å². The molecule has 5 heterocycles. The molecule has 2 bridgehead atoms. The fourth-order valence-electron chi connectivity index (χ4n) is 4.63. The van der Waals surface area contributed by atoms with Crippen molar-refractivity contribution in [3.63, 3.8) is 0 Å². The zero-order valence-electron chi connectivity index (χ0n) is 13.9. The van der Waals surface area contributed by atoms with Gasteiger partial charge in [0.1, 0.15) is 5.82 Å². The molecular weight excluding hydrogens is 323 g/mol. The van der Waals surface area contributed by atoms with Crippen LogP contribution < -0.4 is 15.5 Å². The van der Waals surface area contributed by atoms with Crippen LogP contribution in [0, 0.1) is 5.82 Å². The monoisotopic (exact) mass is 344 g/mol. The number of fused-ring (bicyclic) bond motifs is 3. The molecule has 2 N–H and O–H groups in total. The number of amides is 2. The summed E-state index contributed by atoms with van der Waals surface area (Å²) in [5.41, 5.74) is 2.60. The number of carbonyl (C=O) groups excluding carboxylic acids is 2. The lowest BCUT2D eigenvalue weighted by Gasteiger charge is -2.49. The van der Waals surface area contributed by atoms with Gasteiger partial charge in [0.2, 0.25) is 11.8 Å². The van der Waals surface area contributed by atoms with E-state index in [1.54, 1.807) is 6.07 Å². The molecule has 0 radical (unpaired) electrons. The molecule has 4 saturated heterocycles. The quantitative estimate of drug-likeness (QED) is 0.765. The molecule has 0 saturated carbocycles. The highest BCUT2D eigenvalue weighted by Gasteiger charge is 2.38. The second-order valence-electron chi connectivity index (χ2n) is 7.64. The number of nitrogens with zero attached hydrogens (tertiary/aromatic N) is 2. The Hall–Kier alpha value is -1.99. The van der Waals surface area contributed by atoms with Crippen LogP contribution in [0.5, 0.6) is 0 Å². The maximum atomic E-state index is 14.7. The Kier molecular flexibility index (Phi) is 3.36. The van der Waals surface area contributed by atoms with Crippen LogP contribution in [0.15, 0.2) is 12.1 Å². The largest absolute Gasteiger partial charge is 0.368 e. The molecule has 2 amide bonds. The second kappa shape index (κ2) is 5.51. The topological polar surface area (TPSA) is 64.7 Å². The third-order valence-electron chi connectivity index (χ3n) is 5.95. The second-order valence-corrected chi connectivity index (χ2v) is 7.64. The van der Waals surface area contributed by atoms with E-state index in [1.807, 2.05) is 4.90 Å². The molecule has 0 aliphatic carbocycles. The molecule has 5 aliphatic heterocycles. The van der Waals surface area contributed by atoms with E-state index in [4.69, 9.17) is 0 Å². The average Bonchev–Trinajstić information content (AvgIpc) is 2.98. The third-order valence-corrected chi connectivity index (χ3v) is 5.95. The lowest BCUT2D eigenvalue weighted by atomic mass is 9.91. The van der Waals surface area contributed by atoms with Gasteiger partial charge in [-0.2, -0.15) is 0 Å². The molecule has 132 valence electrons. The Bertz CT molecular complexity index is 752. The van der Waals surface area contributed by atoms with Crippen LogP contribution >= 0.6 is 0 Å². The maximum absolute atomic E-state index is 14.7. The first-order chi connectivity index (χ1) is 12.1. The Balaban J connectivity index is 1.36. The van der Waals surface area contributed by atoms with Crippen molar-refractivity contribution >= 4 is 17.5 Å². The van der Waals surface area contributed by atoms with Crippen LogP contribution in [-0.2, 0) is 22.7 Å². The van der Waals surface area contributed by atoms with Gasteiger partial charge in [0, 0.05) is 55.9 Å². The molecular formula is C18H21FN4O2. The number of piperazine rings is 1. The Labute approximate surface area is 145 Å². The first-order valence-corrected chi connectivity index (χ1v) is 8.97. The van der Waals surface area contributed by atoms with E-state index >= 15 is 0 Å². The number of hydrogen-bond acceptors (Lipinski definition) is 5. The maximum Gasteiger partial charge on any atom is 0.243 e. The minimum Gasteiger partial charge on any atom is -0.368 e. The Morgan fingerprint density at radius 3 is 2.60 bits per heavy atom. The summed E-state index contributed by atoms with van der Waals surface area (Å²) in [6.45, 7) is 2.84. The van der Waals surface area contributed by atoms with Gasteiger partial charge < -0.3 is 10.2 Å². The summed E-state index contributed by atoms with van der Waals surface area (Å²) in [6, 6.07) is 4.41. The molecule has 6 rings (SSSR count). The molecule has 25 heavy (non-hydrogen) atoms. The average molecular weight is 344 g/mol. The highest BCUT2D eigenvalue weighted by atomic mass is 19.1. The minimum atomic E-state index is -0.347. The summed E-state index contributed by atoms with van der Waals surface area (Å²) in [5, 5.41) is 5.88. The van der Waals surface area contributed by atoms with Crippen LogP contribution in [0.25, 0.3) is 0 Å². The van der Waals surface area contributed by atoms with Gasteiger partial charge in [-0.3, -0.25) is 19.8 Å². The van der Waals surface area contributed by atoms with Crippen molar-refractivity contribution in [2.75, 3.05) is 18.0 Å². The molecule has 3 atom stereocenters. The van der Waals surface area contributed by atoms with E-state index in [0.717, 1.165) is 24.3 Å². The van der Waals surface area contributed by atoms with E-state index in [9.17, 15) is 14.0 Å². The fourth-order valence-corrected chi connectivity index (χ4v) is 4.63. The molecule has 6 nitrogen and oxygen atoms in total. The van der Waals surface area contributed by atoms with Gasteiger partial charge in [0.25, 0.3) is 0 Å². The number of benzene rings is 1. The molecule has 5 aliphatic rings. The van der Waals surface area contributed by atoms with Crippen molar-refractivity contribution in [3.8, 4) is 0 Å². The van der Waals surface area contributed by atoms with Crippen molar-refractivity contribution in [2.24, 2.45) is 0 Å². The van der Waals surface area contributed by atoms with Crippen LogP contribution in [0.2, 0.25) is 0 Å². The lowest BCUT2D eigenvalue weighted by Crippen LogP contribution is -2.67. The first-order valence-electron chi connectivity index (χ1n) is 8.97. The van der Waals surface area contributed by atoms with Crippen LogP contribution in [0.4, 0.5) is 10.1 Å². The van der Waals surface area contributed by atoms with E-state index in [0.29, 0.717) is 43.6 Å². The predicted octanol–water partition coefficient (Wildman–Crippen LogP) is 0.497. The predicted molar refractivity (Wildman–Crippen MR) is 89.4 cm³/mol. The van der Waals surface area contributed by atoms with Crippen molar-refractivity contribution in [2.45, 2.75) is 50.5 Å². The van der Waals surface area contributed by atoms with Gasteiger partial charge >= 0.3 is 0 Å². The smallest absolute Gasteiger partial charge is 0.243 e. The third kappa shape index (κ3) is 2.53. The van der Waals surface area contributed by atoms with Crippen molar-refractivity contribution < 1.29 is 14.0 Å². The summed E-state index contributed by atoms with van der Waals surface area (Å²) < 4.78 is 14.7. The van der Waals surface area contributed by atoms with Gasteiger partial charge in [0.05, 0.1) is 6.04 Å². The van der Waals surface area contributed by atoms with E-state index in [2.05, 4.69) is 21.6 Å². The van der Waals surface area contributed by atoms with Crippen LogP contribution in [0.1, 0.15) is 30.4 Å². The van der Waals surface area contributed by atoms with E-state index in [-0.39, 0.29) is 23.7 Å². The van der Waals surface area contributed by atoms with Crippen molar-refractivity contribution in [3.05, 3.63) is 29.1 Å². The summed E-state index contributed by atoms with van der Waals surface area (Å²) in [5.74, 6) is -0.662. The van der Waals surface area contributed by atoms with Gasteiger partial charge in [-0.1, -0.05) is 0 Å². The molecule has 1 aromatic carbocycles. The number of anilines is 1. The molecule has 7 heteroatoms.